The van der Waals surface area contributed by atoms with E-state index >= 15 is 0 Å². The molecule has 0 spiro atoms. The molecule has 3 heteroatoms. The van der Waals surface area contributed by atoms with Crippen LogP contribution in [0.5, 0.6) is 0 Å². The number of hydrogen-bond donors (Lipinski definition) is 2. The van der Waals surface area contributed by atoms with E-state index in [1.807, 2.05) is 26.4 Å². The molecule has 0 radical (unpaired) electrons. The number of aromatic nitrogens is 1. The molecular weight excluding hydrogens is 210 g/mol. The Morgan fingerprint density at radius 1 is 1.06 bits per heavy atom. The smallest absolute Gasteiger partial charge is 0.126 e. The second kappa shape index (κ2) is 5.46. The molecule has 1 aromatic carbocycles. The first kappa shape index (κ1) is 11.6. The maximum absolute atomic E-state index is 4.22. The Bertz CT molecular complexity index is 494. The summed E-state index contributed by atoms with van der Waals surface area (Å²) in [5, 5.41) is 6.21. The molecule has 2 N–H and O–H groups in total. The zero-order valence-electron chi connectivity index (χ0n) is 10.2. The largest absolute Gasteiger partial charge is 0.373 e. The molecule has 0 aliphatic heterocycles. The highest BCUT2D eigenvalue weighted by molar-refractivity contribution is 5.66. The van der Waals surface area contributed by atoms with Crippen molar-refractivity contribution in [1.29, 1.82) is 0 Å². The predicted molar refractivity (Wildman–Crippen MR) is 72.0 cm³/mol. The highest BCUT2D eigenvalue weighted by atomic mass is 14.9. The predicted octanol–water partition coefficient (Wildman–Crippen LogP) is 2.51. The first-order chi connectivity index (χ1) is 8.33. The highest BCUT2D eigenvalue weighted by Gasteiger charge is 2.00. The van der Waals surface area contributed by atoms with Gasteiger partial charge in [-0.2, -0.15) is 0 Å². The summed E-state index contributed by atoms with van der Waals surface area (Å²) in [6.07, 6.45) is 1.83. The molecule has 88 valence electrons. The van der Waals surface area contributed by atoms with Gasteiger partial charge in [-0.05, 0) is 41.9 Å². The molecule has 2 rings (SSSR count). The fourth-order valence-electron chi connectivity index (χ4n) is 1.81. The van der Waals surface area contributed by atoms with E-state index < -0.39 is 0 Å². The average molecular weight is 227 g/mol. The van der Waals surface area contributed by atoms with Gasteiger partial charge in [0.05, 0.1) is 0 Å². The lowest BCUT2D eigenvalue weighted by Crippen LogP contribution is -2.04. The second-order valence-electron chi connectivity index (χ2n) is 3.91. The number of rotatable bonds is 4. The van der Waals surface area contributed by atoms with Crippen LogP contribution in [0.15, 0.2) is 42.6 Å². The number of pyridine rings is 1. The van der Waals surface area contributed by atoms with E-state index in [4.69, 9.17) is 0 Å². The number of nitrogens with one attached hydrogen (secondary N) is 2. The van der Waals surface area contributed by atoms with Crippen molar-refractivity contribution in [2.24, 2.45) is 0 Å². The Balaban J connectivity index is 2.34. The fourth-order valence-corrected chi connectivity index (χ4v) is 1.81. The second-order valence-corrected chi connectivity index (χ2v) is 3.91. The molecule has 0 aliphatic rings. The summed E-state index contributed by atoms with van der Waals surface area (Å²) in [6, 6.07) is 12.6. The number of hydrogen-bond acceptors (Lipinski definition) is 3. The van der Waals surface area contributed by atoms with E-state index in [0.717, 1.165) is 12.4 Å². The zero-order chi connectivity index (χ0) is 12.1. The van der Waals surface area contributed by atoms with Crippen LogP contribution in [0.1, 0.15) is 5.56 Å². The minimum Gasteiger partial charge on any atom is -0.373 e. The van der Waals surface area contributed by atoms with Crippen LogP contribution in [-0.2, 0) is 6.54 Å². The van der Waals surface area contributed by atoms with Crippen molar-refractivity contribution in [2.45, 2.75) is 6.54 Å². The summed E-state index contributed by atoms with van der Waals surface area (Å²) in [6.45, 7) is 0.887. The van der Waals surface area contributed by atoms with Crippen LogP contribution in [0.2, 0.25) is 0 Å². The Kier molecular flexibility index (Phi) is 3.73. The Labute approximate surface area is 102 Å². The lowest BCUT2D eigenvalue weighted by atomic mass is 10.0. The summed E-state index contributed by atoms with van der Waals surface area (Å²) in [7, 11) is 3.84. The maximum atomic E-state index is 4.22. The number of benzene rings is 1. The van der Waals surface area contributed by atoms with E-state index in [2.05, 4.69) is 45.9 Å². The molecule has 0 aliphatic carbocycles. The molecule has 0 fully saturated rings. The van der Waals surface area contributed by atoms with Crippen molar-refractivity contribution in [2.75, 3.05) is 19.4 Å². The van der Waals surface area contributed by atoms with Gasteiger partial charge in [-0.15, -0.1) is 0 Å². The van der Waals surface area contributed by atoms with Crippen molar-refractivity contribution < 1.29 is 0 Å². The van der Waals surface area contributed by atoms with E-state index in [9.17, 15) is 0 Å². The standard InChI is InChI=1S/C14H17N3/c1-15-10-11-4-3-5-12(8-11)13-6-7-17-14(9-13)16-2/h3-9,15H,10H2,1-2H3,(H,16,17). The van der Waals surface area contributed by atoms with Gasteiger partial charge in [0.1, 0.15) is 5.82 Å². The van der Waals surface area contributed by atoms with Gasteiger partial charge in [0.15, 0.2) is 0 Å². The summed E-state index contributed by atoms with van der Waals surface area (Å²) >= 11 is 0. The van der Waals surface area contributed by atoms with Crippen LogP contribution < -0.4 is 10.6 Å². The zero-order valence-corrected chi connectivity index (χ0v) is 10.2. The van der Waals surface area contributed by atoms with Crippen molar-refractivity contribution in [3.05, 3.63) is 48.2 Å². The van der Waals surface area contributed by atoms with Gasteiger partial charge < -0.3 is 10.6 Å². The quantitative estimate of drug-likeness (QED) is 0.842. The molecular formula is C14H17N3. The summed E-state index contributed by atoms with van der Waals surface area (Å²) in [5.74, 6) is 0.890. The average Bonchev–Trinajstić information content (AvgIpc) is 2.40. The molecule has 0 unspecified atom stereocenters. The lowest BCUT2D eigenvalue weighted by Gasteiger charge is -2.06. The van der Waals surface area contributed by atoms with Crippen molar-refractivity contribution in [3.63, 3.8) is 0 Å². The Morgan fingerprint density at radius 3 is 2.65 bits per heavy atom. The monoisotopic (exact) mass is 227 g/mol. The molecule has 3 nitrogen and oxygen atoms in total. The van der Waals surface area contributed by atoms with Crippen LogP contribution in [-0.4, -0.2) is 19.1 Å². The number of anilines is 1. The van der Waals surface area contributed by atoms with Gasteiger partial charge >= 0.3 is 0 Å². The SMILES string of the molecule is CNCc1cccc(-c2ccnc(NC)c2)c1. The molecule has 0 amide bonds. The first-order valence-corrected chi connectivity index (χ1v) is 5.71. The fraction of sp³-hybridized carbons (Fsp3) is 0.214. The summed E-state index contributed by atoms with van der Waals surface area (Å²) < 4.78 is 0. The first-order valence-electron chi connectivity index (χ1n) is 5.71. The molecule has 1 aromatic heterocycles. The van der Waals surface area contributed by atoms with E-state index in [0.29, 0.717) is 0 Å². The summed E-state index contributed by atoms with van der Waals surface area (Å²) in [5.41, 5.74) is 3.69. The minimum absolute atomic E-state index is 0.887. The van der Waals surface area contributed by atoms with Crippen LogP contribution in [0.4, 0.5) is 5.82 Å². The van der Waals surface area contributed by atoms with Gasteiger partial charge in [-0.1, -0.05) is 18.2 Å². The maximum Gasteiger partial charge on any atom is 0.126 e. The van der Waals surface area contributed by atoms with Crippen molar-refractivity contribution >= 4 is 5.82 Å². The third-order valence-corrected chi connectivity index (χ3v) is 2.66. The van der Waals surface area contributed by atoms with Gasteiger partial charge in [-0.25, -0.2) is 4.98 Å². The normalized spacial score (nSPS) is 10.2. The molecule has 0 atom stereocenters. The lowest BCUT2D eigenvalue weighted by molar-refractivity contribution is 0.818. The molecule has 17 heavy (non-hydrogen) atoms. The van der Waals surface area contributed by atoms with Crippen LogP contribution in [0, 0.1) is 0 Å². The van der Waals surface area contributed by atoms with Gasteiger partial charge in [0.25, 0.3) is 0 Å². The van der Waals surface area contributed by atoms with Gasteiger partial charge in [-0.3, -0.25) is 0 Å². The summed E-state index contributed by atoms with van der Waals surface area (Å²) in [4.78, 5) is 4.22. The van der Waals surface area contributed by atoms with E-state index in [-0.39, 0.29) is 0 Å². The molecule has 2 aromatic rings. The third kappa shape index (κ3) is 2.82. The Morgan fingerprint density at radius 2 is 1.88 bits per heavy atom. The topological polar surface area (TPSA) is 37.0 Å². The highest BCUT2D eigenvalue weighted by Crippen LogP contribution is 2.22. The van der Waals surface area contributed by atoms with E-state index in [1.165, 1.54) is 16.7 Å². The molecule has 0 saturated heterocycles. The van der Waals surface area contributed by atoms with Crippen LogP contribution in [0.3, 0.4) is 0 Å². The number of nitrogens with zero attached hydrogens (tertiary/aromatic N) is 1. The van der Waals surface area contributed by atoms with Crippen molar-refractivity contribution in [3.8, 4) is 11.1 Å². The Hall–Kier alpha value is -1.87. The molecule has 1 heterocycles. The van der Waals surface area contributed by atoms with Crippen LogP contribution in [0.25, 0.3) is 11.1 Å². The van der Waals surface area contributed by atoms with E-state index in [1.54, 1.807) is 0 Å². The molecule has 0 bridgehead atoms. The minimum atomic E-state index is 0.887. The van der Waals surface area contributed by atoms with Gasteiger partial charge in [0, 0.05) is 19.8 Å². The van der Waals surface area contributed by atoms with Crippen molar-refractivity contribution in [1.82, 2.24) is 10.3 Å². The van der Waals surface area contributed by atoms with Gasteiger partial charge in [0.2, 0.25) is 0 Å². The van der Waals surface area contributed by atoms with Crippen LogP contribution >= 0.6 is 0 Å². The third-order valence-electron chi connectivity index (χ3n) is 2.66. The molecule has 0 saturated carbocycles.